The number of Topliss-reactive ketones (excluding diaryl/α,β-unsaturated/α-hetero) is 1. The lowest BCUT2D eigenvalue weighted by Gasteiger charge is -2.38. The van der Waals surface area contributed by atoms with E-state index < -0.39 is 5.92 Å². The van der Waals surface area contributed by atoms with E-state index in [1.54, 1.807) is 0 Å². The van der Waals surface area contributed by atoms with E-state index in [2.05, 4.69) is 31.4 Å². The number of halogens is 1. The van der Waals surface area contributed by atoms with E-state index >= 15 is 0 Å². The molecule has 0 bridgehead atoms. The maximum absolute atomic E-state index is 12.7. The lowest BCUT2D eigenvalue weighted by atomic mass is 9.87. The summed E-state index contributed by atoms with van der Waals surface area (Å²) in [5.41, 5.74) is 11.5. The number of para-hydroxylation sites is 1. The number of carbonyl (C=O) groups is 1. The number of fused-ring (bicyclic) bond motifs is 2. The van der Waals surface area contributed by atoms with Gasteiger partial charge >= 0.3 is 0 Å². The summed E-state index contributed by atoms with van der Waals surface area (Å²) < 4.78 is 1.00. The Morgan fingerprint density at radius 3 is 2.64 bits per heavy atom. The Hall–Kier alpha value is -2.34. The number of hydrogen-bond acceptors (Lipinski definition) is 5. The summed E-state index contributed by atoms with van der Waals surface area (Å²) in [5, 5.41) is 4.08. The molecule has 0 saturated heterocycles. The second kappa shape index (κ2) is 4.84. The van der Waals surface area contributed by atoms with Crippen molar-refractivity contribution in [2.24, 2.45) is 16.8 Å². The molecular weight excluding hydrogens is 344 g/mol. The van der Waals surface area contributed by atoms with Crippen LogP contribution in [0.1, 0.15) is 10.4 Å². The van der Waals surface area contributed by atoms with E-state index in [0.29, 0.717) is 11.4 Å². The lowest BCUT2D eigenvalue weighted by molar-refractivity contribution is 0.0933. The predicted octanol–water partition coefficient (Wildman–Crippen LogP) is 2.60. The fourth-order valence-electron chi connectivity index (χ4n) is 3.04. The molecule has 6 heteroatoms. The van der Waals surface area contributed by atoms with Gasteiger partial charge in [-0.15, -0.1) is 0 Å². The van der Waals surface area contributed by atoms with E-state index in [1.807, 2.05) is 48.5 Å². The van der Waals surface area contributed by atoms with E-state index in [-0.39, 0.29) is 11.9 Å². The highest BCUT2D eigenvalue weighted by molar-refractivity contribution is 9.10. The molecule has 22 heavy (non-hydrogen) atoms. The first-order chi connectivity index (χ1) is 10.7. The maximum Gasteiger partial charge on any atom is 0.179 e. The van der Waals surface area contributed by atoms with Crippen LogP contribution in [0, 0.1) is 5.92 Å². The van der Waals surface area contributed by atoms with Gasteiger partial charge in [0, 0.05) is 15.7 Å². The number of hydrazone groups is 1. The van der Waals surface area contributed by atoms with E-state index in [1.165, 1.54) is 0 Å². The minimum Gasteiger partial charge on any atom is -0.385 e. The molecule has 2 heterocycles. The number of nitrogens with one attached hydrogen (secondary N) is 1. The molecule has 0 saturated carbocycles. The topological polar surface area (TPSA) is 70.7 Å². The van der Waals surface area contributed by atoms with Crippen molar-refractivity contribution >= 4 is 38.9 Å². The van der Waals surface area contributed by atoms with Crippen LogP contribution in [-0.4, -0.2) is 17.8 Å². The van der Waals surface area contributed by atoms with Gasteiger partial charge in [0.2, 0.25) is 0 Å². The van der Waals surface area contributed by atoms with Crippen molar-refractivity contribution in [3.05, 3.63) is 58.6 Å². The van der Waals surface area contributed by atoms with Crippen LogP contribution in [0.25, 0.3) is 0 Å². The van der Waals surface area contributed by atoms with Gasteiger partial charge in [-0.05, 0) is 36.4 Å². The van der Waals surface area contributed by atoms with Crippen molar-refractivity contribution in [3.63, 3.8) is 0 Å². The molecule has 5 nitrogen and oxygen atoms in total. The fraction of sp³-hybridized carbons (Fsp3) is 0.125. The number of nitrogens with two attached hydrogens (primary N) is 1. The van der Waals surface area contributed by atoms with Crippen molar-refractivity contribution in [3.8, 4) is 0 Å². The van der Waals surface area contributed by atoms with Crippen LogP contribution < -0.4 is 16.1 Å². The van der Waals surface area contributed by atoms with Crippen LogP contribution in [0.4, 0.5) is 11.4 Å². The molecule has 2 aliphatic heterocycles. The number of nitrogens with zero attached hydrogens (tertiary/aromatic N) is 2. The third-order valence-corrected chi connectivity index (χ3v) is 4.58. The number of rotatable bonds is 1. The molecule has 0 amide bonds. The van der Waals surface area contributed by atoms with E-state index in [4.69, 9.17) is 5.73 Å². The molecule has 2 atom stereocenters. The van der Waals surface area contributed by atoms with Gasteiger partial charge in [0.05, 0.1) is 5.69 Å². The van der Waals surface area contributed by atoms with Crippen molar-refractivity contribution in [1.29, 1.82) is 0 Å². The van der Waals surface area contributed by atoms with Crippen LogP contribution in [0.5, 0.6) is 0 Å². The molecule has 0 aromatic heterocycles. The summed E-state index contributed by atoms with van der Waals surface area (Å²) in [6.45, 7) is 0. The monoisotopic (exact) mass is 356 g/mol. The average molecular weight is 357 g/mol. The third kappa shape index (κ3) is 1.84. The molecule has 0 fully saturated rings. The minimum atomic E-state index is -0.460. The summed E-state index contributed by atoms with van der Waals surface area (Å²) in [7, 11) is 0. The van der Waals surface area contributed by atoms with Crippen molar-refractivity contribution in [2.75, 3.05) is 4.90 Å². The zero-order valence-corrected chi connectivity index (χ0v) is 13.1. The number of hydrogen-bond donors (Lipinski definition) is 2. The highest BCUT2D eigenvalue weighted by atomic mass is 79.9. The highest BCUT2D eigenvalue weighted by Gasteiger charge is 2.46. The second-order valence-corrected chi connectivity index (χ2v) is 6.23. The molecule has 2 unspecified atom stereocenters. The summed E-state index contributed by atoms with van der Waals surface area (Å²) in [4.78, 5) is 14.8. The highest BCUT2D eigenvalue weighted by Crippen LogP contribution is 2.40. The first kappa shape index (κ1) is 13.3. The van der Waals surface area contributed by atoms with E-state index in [0.717, 1.165) is 15.8 Å². The lowest BCUT2D eigenvalue weighted by Crippen LogP contribution is -2.52. The summed E-state index contributed by atoms with van der Waals surface area (Å²) in [6.07, 6.45) is -0.288. The largest absolute Gasteiger partial charge is 0.385 e. The smallest absolute Gasteiger partial charge is 0.179 e. The Bertz CT molecular complexity index is 787. The number of amidine groups is 1. The van der Waals surface area contributed by atoms with Gasteiger partial charge in [-0.2, -0.15) is 5.10 Å². The van der Waals surface area contributed by atoms with Gasteiger partial charge in [0.1, 0.15) is 17.9 Å². The Balaban J connectivity index is 1.90. The molecule has 0 aliphatic carbocycles. The van der Waals surface area contributed by atoms with Crippen LogP contribution >= 0.6 is 15.9 Å². The van der Waals surface area contributed by atoms with Crippen LogP contribution in [-0.2, 0) is 0 Å². The third-order valence-electron chi connectivity index (χ3n) is 4.05. The van der Waals surface area contributed by atoms with Crippen molar-refractivity contribution < 1.29 is 4.79 Å². The van der Waals surface area contributed by atoms with Gasteiger partial charge < -0.3 is 10.6 Å². The Kier molecular flexibility index (Phi) is 2.94. The molecule has 2 aromatic rings. The summed E-state index contributed by atoms with van der Waals surface area (Å²) in [5.74, 6) is -0.106. The first-order valence-corrected chi connectivity index (χ1v) is 7.73. The Labute approximate surface area is 135 Å². The molecule has 2 aliphatic rings. The normalized spacial score (nSPS) is 22.7. The molecule has 4 rings (SSSR count). The van der Waals surface area contributed by atoms with Gasteiger partial charge in [-0.1, -0.05) is 28.1 Å². The first-order valence-electron chi connectivity index (χ1n) is 6.93. The van der Waals surface area contributed by atoms with Crippen molar-refractivity contribution in [2.45, 2.75) is 6.17 Å². The molecule has 2 aromatic carbocycles. The number of ketones is 1. The quantitative estimate of drug-likeness (QED) is 0.823. The average Bonchev–Trinajstić information content (AvgIpc) is 2.91. The van der Waals surface area contributed by atoms with Crippen LogP contribution in [0.15, 0.2) is 58.1 Å². The number of anilines is 2. The Morgan fingerprint density at radius 1 is 1.14 bits per heavy atom. The van der Waals surface area contributed by atoms with Gasteiger partial charge in [0.15, 0.2) is 5.78 Å². The molecule has 3 N–H and O–H groups in total. The zero-order chi connectivity index (χ0) is 15.3. The summed E-state index contributed by atoms with van der Waals surface area (Å²) in [6, 6.07) is 15.5. The predicted molar refractivity (Wildman–Crippen MR) is 89.1 cm³/mol. The molecule has 110 valence electrons. The van der Waals surface area contributed by atoms with Crippen LogP contribution in [0.3, 0.4) is 0 Å². The standard InChI is InChI=1S/C16H13BrN4O/c17-9-5-7-10(8-6-9)21-12-4-2-1-3-11(12)14(22)13-15(18)19-20-16(13)21/h1-8,13,16,20H,(H2,18,19). The molecule has 0 spiro atoms. The Morgan fingerprint density at radius 2 is 1.86 bits per heavy atom. The fourth-order valence-corrected chi connectivity index (χ4v) is 3.31. The van der Waals surface area contributed by atoms with Crippen LogP contribution in [0.2, 0.25) is 0 Å². The SMILES string of the molecule is NC1=NNC2C1C(=O)c1ccccc1N2c1ccc(Br)cc1. The van der Waals surface area contributed by atoms with Crippen molar-refractivity contribution in [1.82, 2.24) is 5.43 Å². The molecular formula is C16H13BrN4O. The molecule has 0 radical (unpaired) electrons. The second-order valence-electron chi connectivity index (χ2n) is 5.32. The minimum absolute atomic E-state index is 0.0141. The van der Waals surface area contributed by atoms with Gasteiger partial charge in [0.25, 0.3) is 0 Å². The maximum atomic E-state index is 12.7. The summed E-state index contributed by atoms with van der Waals surface area (Å²) >= 11 is 3.45. The van der Waals surface area contributed by atoms with E-state index in [9.17, 15) is 4.79 Å². The number of carbonyl (C=O) groups excluding carboxylic acids is 1. The zero-order valence-electron chi connectivity index (χ0n) is 11.5. The number of benzene rings is 2. The van der Waals surface area contributed by atoms with Gasteiger partial charge in [-0.25, -0.2) is 0 Å². The van der Waals surface area contributed by atoms with Gasteiger partial charge in [-0.3, -0.25) is 10.2 Å².